The molecular formula is C18H17NO5. The smallest absolute Gasteiger partial charge is 0.336 e. The van der Waals surface area contributed by atoms with Crippen LogP contribution in [0.2, 0.25) is 0 Å². The monoisotopic (exact) mass is 327 g/mol. The van der Waals surface area contributed by atoms with Crippen LogP contribution in [0.1, 0.15) is 11.1 Å². The molecule has 2 fully saturated rings. The Morgan fingerprint density at radius 2 is 2.08 bits per heavy atom. The Hall–Kier alpha value is -2.63. The lowest BCUT2D eigenvalue weighted by molar-refractivity contribution is -0.142. The maximum atomic E-state index is 12.6. The third-order valence-corrected chi connectivity index (χ3v) is 4.86. The number of nitrogens with zero attached hydrogens (tertiary/aromatic N) is 1. The van der Waals surface area contributed by atoms with Crippen molar-refractivity contribution < 1.29 is 18.7 Å². The molecule has 0 spiro atoms. The average Bonchev–Trinajstić information content (AvgIpc) is 3.09. The first-order valence-electron chi connectivity index (χ1n) is 7.99. The number of likely N-dealkylation sites (tertiary alicyclic amines) is 1. The second kappa shape index (κ2) is 5.47. The molecule has 6 nitrogen and oxygen atoms in total. The number of rotatable bonds is 2. The van der Waals surface area contributed by atoms with Crippen LogP contribution in [-0.2, 0) is 20.7 Å². The third-order valence-electron chi connectivity index (χ3n) is 4.86. The quantitative estimate of drug-likeness (QED) is 0.613. The van der Waals surface area contributed by atoms with Crippen LogP contribution in [-0.4, -0.2) is 36.5 Å². The van der Waals surface area contributed by atoms with E-state index < -0.39 is 5.63 Å². The number of aryl methyl sites for hydroxylation is 1. The molecular weight excluding hydrogens is 310 g/mol. The second-order valence-electron chi connectivity index (χ2n) is 6.56. The molecule has 6 heteroatoms. The largest absolute Gasteiger partial charge is 0.465 e. The molecule has 3 heterocycles. The van der Waals surface area contributed by atoms with Gasteiger partial charge in [-0.1, -0.05) is 12.1 Å². The molecule has 2 atom stereocenters. The number of hydrogen-bond donors (Lipinski definition) is 0. The highest BCUT2D eigenvalue weighted by atomic mass is 16.5. The lowest BCUT2D eigenvalue weighted by atomic mass is 10.0. The van der Waals surface area contributed by atoms with Crippen LogP contribution in [0, 0.1) is 18.8 Å². The van der Waals surface area contributed by atoms with Gasteiger partial charge in [0, 0.05) is 30.5 Å². The lowest BCUT2D eigenvalue weighted by Gasteiger charge is -2.17. The van der Waals surface area contributed by atoms with E-state index in [2.05, 4.69) is 0 Å². The van der Waals surface area contributed by atoms with Gasteiger partial charge in [0.05, 0.1) is 18.9 Å². The predicted octanol–water partition coefficient (Wildman–Crippen LogP) is 1.28. The van der Waals surface area contributed by atoms with Crippen molar-refractivity contribution in [2.24, 2.45) is 11.8 Å². The fraction of sp³-hybridized carbons (Fsp3) is 0.389. The van der Waals surface area contributed by atoms with E-state index >= 15 is 0 Å². The number of carbonyl (C=O) groups excluding carboxylic acids is 2. The zero-order chi connectivity index (χ0) is 16.8. The van der Waals surface area contributed by atoms with Crippen molar-refractivity contribution in [3.05, 3.63) is 45.8 Å². The molecule has 0 unspecified atom stereocenters. The van der Waals surface area contributed by atoms with E-state index in [1.54, 1.807) is 11.0 Å². The third kappa shape index (κ3) is 2.48. The van der Waals surface area contributed by atoms with E-state index in [-0.39, 0.29) is 30.1 Å². The summed E-state index contributed by atoms with van der Waals surface area (Å²) in [4.78, 5) is 37.7. The molecule has 2 aliphatic rings. The Morgan fingerprint density at radius 1 is 1.25 bits per heavy atom. The molecule has 0 N–H and O–H groups in total. The number of carbonyl (C=O) groups is 2. The Balaban J connectivity index is 1.59. The van der Waals surface area contributed by atoms with E-state index in [1.807, 2.05) is 19.1 Å². The number of ether oxygens (including phenoxy) is 1. The molecule has 1 aromatic heterocycles. The van der Waals surface area contributed by atoms with E-state index in [0.29, 0.717) is 30.8 Å². The van der Waals surface area contributed by atoms with Gasteiger partial charge in [-0.15, -0.1) is 0 Å². The zero-order valence-corrected chi connectivity index (χ0v) is 13.3. The molecule has 124 valence electrons. The highest BCUT2D eigenvalue weighted by molar-refractivity contribution is 5.88. The molecule has 2 aliphatic heterocycles. The molecule has 2 aromatic rings. The van der Waals surface area contributed by atoms with Crippen molar-refractivity contribution in [1.82, 2.24) is 4.90 Å². The summed E-state index contributed by atoms with van der Waals surface area (Å²) in [5.41, 5.74) is 1.68. The fourth-order valence-electron chi connectivity index (χ4n) is 3.57. The van der Waals surface area contributed by atoms with E-state index in [0.717, 1.165) is 10.9 Å². The predicted molar refractivity (Wildman–Crippen MR) is 85.4 cm³/mol. The lowest BCUT2D eigenvalue weighted by Crippen LogP contribution is -2.32. The molecule has 0 radical (unpaired) electrons. The fourth-order valence-corrected chi connectivity index (χ4v) is 3.57. The summed E-state index contributed by atoms with van der Waals surface area (Å²) in [5.74, 6) is -0.392. The summed E-state index contributed by atoms with van der Waals surface area (Å²) in [6.45, 7) is 3.25. The average molecular weight is 327 g/mol. The van der Waals surface area contributed by atoms with Gasteiger partial charge in [0.25, 0.3) is 0 Å². The SMILES string of the molecule is Cc1ccc2c(CC(=O)N3C[C@@H]4COC(=O)[C@@H]4C3)cc(=O)oc2c1. The summed E-state index contributed by atoms with van der Waals surface area (Å²) in [5, 5.41) is 0.771. The highest BCUT2D eigenvalue weighted by Crippen LogP contribution is 2.31. The maximum absolute atomic E-state index is 12.6. The van der Waals surface area contributed by atoms with Crippen molar-refractivity contribution in [3.63, 3.8) is 0 Å². The van der Waals surface area contributed by atoms with Crippen LogP contribution in [0.25, 0.3) is 11.0 Å². The summed E-state index contributed by atoms with van der Waals surface area (Å²) in [6, 6.07) is 6.96. The molecule has 1 amide bonds. The van der Waals surface area contributed by atoms with E-state index in [1.165, 1.54) is 6.07 Å². The number of benzene rings is 1. The van der Waals surface area contributed by atoms with Gasteiger partial charge in [-0.3, -0.25) is 9.59 Å². The van der Waals surface area contributed by atoms with Crippen LogP contribution >= 0.6 is 0 Å². The Labute approximate surface area is 138 Å². The first kappa shape index (κ1) is 14.9. The normalized spacial score (nSPS) is 22.7. The molecule has 2 saturated heterocycles. The standard InChI is InChI=1S/C18H17NO5/c1-10-2-3-13-11(6-17(21)24-15(13)4-10)5-16(20)19-7-12-9-23-18(22)14(12)8-19/h2-4,6,12,14H,5,7-9H2,1H3/t12-,14-/m1/s1. The molecule has 0 saturated carbocycles. The van der Waals surface area contributed by atoms with Gasteiger partial charge >= 0.3 is 11.6 Å². The summed E-state index contributed by atoms with van der Waals surface area (Å²) < 4.78 is 10.2. The van der Waals surface area contributed by atoms with Crippen molar-refractivity contribution in [3.8, 4) is 0 Å². The second-order valence-corrected chi connectivity index (χ2v) is 6.56. The van der Waals surface area contributed by atoms with Gasteiger partial charge in [-0.2, -0.15) is 0 Å². The van der Waals surface area contributed by atoms with Crippen molar-refractivity contribution in [1.29, 1.82) is 0 Å². The van der Waals surface area contributed by atoms with E-state index in [4.69, 9.17) is 9.15 Å². The van der Waals surface area contributed by atoms with Gasteiger partial charge in [0.2, 0.25) is 5.91 Å². The summed E-state index contributed by atoms with van der Waals surface area (Å²) >= 11 is 0. The topological polar surface area (TPSA) is 76.8 Å². The van der Waals surface area contributed by atoms with Crippen molar-refractivity contribution >= 4 is 22.8 Å². The summed E-state index contributed by atoms with van der Waals surface area (Å²) in [6.07, 6.45) is 0.125. The number of esters is 1. The molecule has 4 rings (SSSR count). The maximum Gasteiger partial charge on any atom is 0.336 e. The summed E-state index contributed by atoms with van der Waals surface area (Å²) in [7, 11) is 0. The molecule has 0 aliphatic carbocycles. The van der Waals surface area contributed by atoms with Gasteiger partial charge in [-0.25, -0.2) is 4.79 Å². The minimum absolute atomic E-state index is 0.0790. The van der Waals surface area contributed by atoms with E-state index in [9.17, 15) is 14.4 Å². The van der Waals surface area contributed by atoms with Gasteiger partial charge in [0.15, 0.2) is 0 Å². The number of hydrogen-bond acceptors (Lipinski definition) is 5. The minimum Gasteiger partial charge on any atom is -0.465 e. The molecule has 1 aromatic carbocycles. The Bertz CT molecular complexity index is 900. The van der Waals surface area contributed by atoms with Crippen LogP contribution in [0.4, 0.5) is 0 Å². The van der Waals surface area contributed by atoms with Crippen LogP contribution in [0.5, 0.6) is 0 Å². The Kier molecular flexibility index (Phi) is 3.40. The number of amides is 1. The minimum atomic E-state index is -0.460. The van der Waals surface area contributed by atoms with Crippen LogP contribution in [0.3, 0.4) is 0 Å². The first-order chi connectivity index (χ1) is 11.5. The van der Waals surface area contributed by atoms with Crippen molar-refractivity contribution in [2.45, 2.75) is 13.3 Å². The van der Waals surface area contributed by atoms with Gasteiger partial charge in [0.1, 0.15) is 5.58 Å². The Morgan fingerprint density at radius 3 is 2.88 bits per heavy atom. The van der Waals surface area contributed by atoms with Crippen LogP contribution < -0.4 is 5.63 Å². The molecule has 24 heavy (non-hydrogen) atoms. The first-order valence-corrected chi connectivity index (χ1v) is 7.99. The molecule has 0 bridgehead atoms. The highest BCUT2D eigenvalue weighted by Gasteiger charge is 2.45. The van der Waals surface area contributed by atoms with Gasteiger partial charge in [-0.05, 0) is 24.1 Å². The number of fused-ring (bicyclic) bond motifs is 2. The number of cyclic esters (lactones) is 1. The van der Waals surface area contributed by atoms with Crippen molar-refractivity contribution in [2.75, 3.05) is 19.7 Å². The zero-order valence-electron chi connectivity index (χ0n) is 13.3. The van der Waals surface area contributed by atoms with Crippen LogP contribution in [0.15, 0.2) is 33.5 Å². The van der Waals surface area contributed by atoms with Gasteiger partial charge < -0.3 is 14.1 Å².